The third-order valence-corrected chi connectivity index (χ3v) is 13.2. The molecule has 0 bridgehead atoms. The number of hydrogen-bond donors (Lipinski definition) is 0. The Morgan fingerprint density at radius 1 is 0.490 bits per heavy atom. The van der Waals surface area contributed by atoms with E-state index in [1.54, 1.807) is 28.4 Å². The molecular weight excluding hydrogens is 627 g/mol. The van der Waals surface area contributed by atoms with Crippen LogP contribution in [0.2, 0.25) is 0 Å². The van der Waals surface area contributed by atoms with Crippen molar-refractivity contribution in [1.82, 2.24) is 0 Å². The van der Waals surface area contributed by atoms with Gasteiger partial charge in [-0.1, -0.05) is 74.7 Å². The second kappa shape index (κ2) is 14.5. The summed E-state index contributed by atoms with van der Waals surface area (Å²) in [6.07, 6.45) is 0.942. The summed E-state index contributed by atoms with van der Waals surface area (Å²) < 4.78 is 24.2. The Bertz CT molecular complexity index is 1790. The summed E-state index contributed by atoms with van der Waals surface area (Å²) in [5.41, 5.74) is 11.1. The number of Topliss-reactive ketones (excluding diaryl/α,β-unsaturated/α-hetero) is 1. The molecule has 1 fully saturated rings. The average molecular weight is 673 g/mol. The molecule has 1 heterocycles. The van der Waals surface area contributed by atoms with E-state index in [0.29, 0.717) is 18.6 Å². The number of carbonyl (C=O) groups is 1. The van der Waals surface area contributed by atoms with Crippen molar-refractivity contribution in [3.8, 4) is 45.3 Å². The van der Waals surface area contributed by atoms with E-state index >= 15 is 0 Å². The fraction of sp³-hybridized carbons (Fsp3) is 0.279. The van der Waals surface area contributed by atoms with E-state index < -0.39 is 7.92 Å². The smallest absolute Gasteiger partial charge is 0.134 e. The van der Waals surface area contributed by atoms with Gasteiger partial charge in [-0.25, -0.2) is 0 Å². The molecule has 1 aliphatic heterocycles. The molecule has 0 aromatic heterocycles. The summed E-state index contributed by atoms with van der Waals surface area (Å²) in [5, 5.41) is 1.18. The lowest BCUT2D eigenvalue weighted by atomic mass is 9.92. The highest BCUT2D eigenvalue weighted by Gasteiger charge is 2.44. The quantitative estimate of drug-likeness (QED) is 0.146. The summed E-state index contributed by atoms with van der Waals surface area (Å²) >= 11 is 0. The van der Waals surface area contributed by atoms with Crippen LogP contribution in [-0.4, -0.2) is 34.2 Å². The molecule has 1 aliphatic rings. The van der Waals surface area contributed by atoms with E-state index in [1.807, 2.05) is 36.4 Å². The monoisotopic (exact) mass is 672 g/mol. The lowest BCUT2D eigenvalue weighted by molar-refractivity contribution is -0.119. The number of carbonyl (C=O) groups excluding carboxylic acids is 1. The van der Waals surface area contributed by atoms with Gasteiger partial charge in [0.15, 0.2) is 0 Å². The zero-order valence-electron chi connectivity index (χ0n) is 29.7. The maximum Gasteiger partial charge on any atom is 0.134 e. The topological polar surface area (TPSA) is 54.0 Å². The Kier molecular flexibility index (Phi) is 10.1. The molecule has 0 saturated carbocycles. The van der Waals surface area contributed by atoms with Crippen LogP contribution in [-0.2, 0) is 4.79 Å². The van der Waals surface area contributed by atoms with E-state index in [0.717, 1.165) is 45.3 Å². The molecule has 2 unspecified atom stereocenters. The van der Waals surface area contributed by atoms with Crippen molar-refractivity contribution in [1.29, 1.82) is 0 Å². The van der Waals surface area contributed by atoms with Crippen molar-refractivity contribution in [2.45, 2.75) is 51.9 Å². The van der Waals surface area contributed by atoms with Crippen LogP contribution in [0.5, 0.6) is 23.0 Å². The molecule has 0 amide bonds. The van der Waals surface area contributed by atoms with Gasteiger partial charge in [0.05, 0.1) is 39.6 Å². The second-order valence-electron chi connectivity index (χ2n) is 12.8. The molecule has 6 rings (SSSR count). The molecule has 49 heavy (non-hydrogen) atoms. The minimum Gasteiger partial charge on any atom is -0.496 e. The first-order valence-corrected chi connectivity index (χ1v) is 18.2. The number of rotatable bonds is 9. The number of methoxy groups -OCH3 is 4. The molecule has 1 saturated heterocycles. The normalized spacial score (nSPS) is 17.5. The zero-order chi connectivity index (χ0) is 34.8. The van der Waals surface area contributed by atoms with Crippen LogP contribution in [0.4, 0.5) is 0 Å². The van der Waals surface area contributed by atoms with Crippen molar-refractivity contribution in [2.75, 3.05) is 28.4 Å². The zero-order valence-corrected chi connectivity index (χ0v) is 30.6. The van der Waals surface area contributed by atoms with E-state index in [9.17, 15) is 4.79 Å². The predicted octanol–water partition coefficient (Wildman–Crippen LogP) is 10.2. The van der Waals surface area contributed by atoms with Gasteiger partial charge in [-0.2, -0.15) is 0 Å². The van der Waals surface area contributed by atoms with Crippen molar-refractivity contribution in [3.63, 3.8) is 0 Å². The Balaban J connectivity index is 1.83. The van der Waals surface area contributed by atoms with Gasteiger partial charge in [0.2, 0.25) is 0 Å². The van der Waals surface area contributed by atoms with Crippen LogP contribution in [0.25, 0.3) is 22.3 Å². The van der Waals surface area contributed by atoms with Crippen LogP contribution in [0.3, 0.4) is 0 Å². The van der Waals surface area contributed by atoms with Gasteiger partial charge in [-0.15, -0.1) is 0 Å². The van der Waals surface area contributed by atoms with E-state index in [1.165, 1.54) is 38.7 Å². The Hall–Kier alpha value is -4.60. The molecule has 5 aromatic carbocycles. The highest BCUT2D eigenvalue weighted by atomic mass is 31.1. The summed E-state index contributed by atoms with van der Waals surface area (Å²) in [4.78, 5) is 14.1. The highest BCUT2D eigenvalue weighted by molar-refractivity contribution is 7.67. The number of aryl methyl sites for hydroxylation is 4. The van der Waals surface area contributed by atoms with E-state index in [2.05, 4.69) is 82.3 Å². The molecule has 0 aliphatic carbocycles. The van der Waals surface area contributed by atoms with E-state index in [-0.39, 0.29) is 11.3 Å². The standard InChI is InChI=1S/C43H45O5P/c1-26-14-9-15-27(2)39(26)37-24-30(44)25-38(40-28(3)16-10-17-29(40)4)49(37)43-31(41-33(45-5)20-12-21-34(41)46-6)18-11-19-32(43)42-35(47-7)22-13-23-36(42)48-8/h9-23,37-38H,24-25H2,1-8H3. The largest absolute Gasteiger partial charge is 0.496 e. The third-order valence-electron chi connectivity index (χ3n) is 9.95. The Labute approximate surface area is 292 Å². The van der Waals surface area contributed by atoms with Crippen LogP contribution < -0.4 is 24.3 Å². The first-order valence-electron chi connectivity index (χ1n) is 16.7. The van der Waals surface area contributed by atoms with Crippen LogP contribution in [0.15, 0.2) is 91.0 Å². The number of hydrogen-bond acceptors (Lipinski definition) is 5. The van der Waals surface area contributed by atoms with Crippen LogP contribution >= 0.6 is 7.92 Å². The van der Waals surface area contributed by atoms with Crippen molar-refractivity contribution in [2.24, 2.45) is 0 Å². The molecule has 0 radical (unpaired) electrons. The number of ether oxygens (including phenoxy) is 4. The van der Waals surface area contributed by atoms with Gasteiger partial charge < -0.3 is 18.9 Å². The second-order valence-corrected chi connectivity index (χ2v) is 15.3. The van der Waals surface area contributed by atoms with Crippen LogP contribution in [0.1, 0.15) is 57.5 Å². The van der Waals surface area contributed by atoms with Gasteiger partial charge in [-0.3, -0.25) is 4.79 Å². The summed E-state index contributed by atoms with van der Waals surface area (Å²) in [6.45, 7) is 8.73. The minimum atomic E-state index is -1.14. The van der Waals surface area contributed by atoms with Gasteiger partial charge in [0, 0.05) is 24.2 Å². The summed E-state index contributed by atoms with van der Waals surface area (Å²) in [7, 11) is 5.67. The fourth-order valence-electron chi connectivity index (χ4n) is 7.89. The number of ketones is 1. The molecule has 5 aromatic rings. The fourth-order valence-corrected chi connectivity index (χ4v) is 12.0. The lowest BCUT2D eigenvalue weighted by Crippen LogP contribution is -2.27. The Morgan fingerprint density at radius 2 is 0.796 bits per heavy atom. The first-order chi connectivity index (χ1) is 23.7. The molecule has 0 N–H and O–H groups in total. The van der Waals surface area contributed by atoms with Gasteiger partial charge in [-0.05, 0) is 102 Å². The molecular formula is C43H45O5P. The molecule has 2 atom stereocenters. The minimum absolute atomic E-state index is 0.0391. The maximum atomic E-state index is 14.1. The highest BCUT2D eigenvalue weighted by Crippen LogP contribution is 2.69. The van der Waals surface area contributed by atoms with Crippen molar-refractivity contribution >= 4 is 19.0 Å². The summed E-state index contributed by atoms with van der Waals surface area (Å²) in [6, 6.07) is 31.3. The van der Waals surface area contributed by atoms with Crippen LogP contribution in [0, 0.1) is 27.7 Å². The predicted molar refractivity (Wildman–Crippen MR) is 202 cm³/mol. The SMILES string of the molecule is COc1cccc(OC)c1-c1cccc(-c2c(OC)cccc2OC)c1P1C(c2c(C)cccc2C)CC(=O)CC1c1c(C)cccc1C. The molecule has 5 nitrogen and oxygen atoms in total. The van der Waals surface area contributed by atoms with Gasteiger partial charge in [0.1, 0.15) is 28.8 Å². The average Bonchev–Trinajstić information content (AvgIpc) is 3.10. The maximum absolute atomic E-state index is 14.1. The molecule has 0 spiro atoms. The number of benzene rings is 5. The third kappa shape index (κ3) is 6.22. The van der Waals surface area contributed by atoms with Crippen molar-refractivity contribution in [3.05, 3.63) is 124 Å². The first kappa shape index (κ1) is 34.3. The van der Waals surface area contributed by atoms with Gasteiger partial charge in [0.25, 0.3) is 0 Å². The Morgan fingerprint density at radius 3 is 1.12 bits per heavy atom. The lowest BCUT2D eigenvalue weighted by Gasteiger charge is -2.43. The molecule has 252 valence electrons. The molecule has 6 heteroatoms. The van der Waals surface area contributed by atoms with Crippen molar-refractivity contribution < 1.29 is 23.7 Å². The van der Waals surface area contributed by atoms with E-state index in [4.69, 9.17) is 18.9 Å². The van der Waals surface area contributed by atoms with Gasteiger partial charge >= 0.3 is 0 Å². The summed E-state index contributed by atoms with van der Waals surface area (Å²) in [5.74, 6) is 3.18.